The zero-order chi connectivity index (χ0) is 17.2. The molecular weight excluding hydrogens is 304 g/mol. The summed E-state index contributed by atoms with van der Waals surface area (Å²) in [5, 5.41) is 17.2. The van der Waals surface area contributed by atoms with Crippen LogP contribution in [0.4, 0.5) is 5.69 Å². The number of guanidine groups is 1. The largest absolute Gasteiger partial charge is 0.356 e. The van der Waals surface area contributed by atoms with E-state index in [1.807, 2.05) is 30.3 Å². The fourth-order valence-corrected chi connectivity index (χ4v) is 2.09. The Morgan fingerprint density at radius 2 is 1.75 bits per heavy atom. The van der Waals surface area contributed by atoms with Crippen molar-refractivity contribution in [1.29, 1.82) is 0 Å². The Kier molecular flexibility index (Phi) is 6.76. The first-order valence-electron chi connectivity index (χ1n) is 7.98. The molecule has 2 rings (SSSR count). The van der Waals surface area contributed by atoms with Crippen LogP contribution in [0, 0.1) is 10.1 Å². The van der Waals surface area contributed by atoms with Crippen molar-refractivity contribution in [1.82, 2.24) is 10.6 Å². The molecule has 0 aliphatic carbocycles. The molecule has 6 nitrogen and oxygen atoms in total. The highest BCUT2D eigenvalue weighted by atomic mass is 16.6. The minimum Gasteiger partial charge on any atom is -0.356 e. The first-order valence-corrected chi connectivity index (χ1v) is 7.98. The molecular formula is C18H22N4O2. The smallest absolute Gasteiger partial charge is 0.269 e. The number of aliphatic imine (C=N–C) groups is 1. The van der Waals surface area contributed by atoms with E-state index in [1.165, 1.54) is 12.1 Å². The number of nitrogens with one attached hydrogen (secondary N) is 2. The van der Waals surface area contributed by atoms with Gasteiger partial charge < -0.3 is 10.6 Å². The Morgan fingerprint density at radius 1 is 1.04 bits per heavy atom. The van der Waals surface area contributed by atoms with E-state index in [0.717, 1.165) is 30.1 Å². The minimum absolute atomic E-state index is 0.0980. The van der Waals surface area contributed by atoms with Crippen molar-refractivity contribution in [3.8, 4) is 0 Å². The second kappa shape index (κ2) is 9.29. The van der Waals surface area contributed by atoms with Crippen molar-refractivity contribution in [2.24, 2.45) is 4.99 Å². The van der Waals surface area contributed by atoms with E-state index < -0.39 is 4.92 Å². The number of hydrogen-bond acceptors (Lipinski definition) is 3. The van der Waals surface area contributed by atoms with Gasteiger partial charge >= 0.3 is 0 Å². The summed E-state index contributed by atoms with van der Waals surface area (Å²) in [5.74, 6) is 0.735. The number of non-ortho nitro benzene ring substituents is 1. The number of nitro benzene ring substituents is 1. The average molecular weight is 326 g/mol. The topological polar surface area (TPSA) is 79.6 Å². The molecule has 0 saturated carbocycles. The van der Waals surface area contributed by atoms with Crippen LogP contribution >= 0.6 is 0 Å². The molecule has 0 heterocycles. The summed E-state index contributed by atoms with van der Waals surface area (Å²) in [6.07, 6.45) is 1.00. The second-order valence-electron chi connectivity index (χ2n) is 5.35. The predicted molar refractivity (Wildman–Crippen MR) is 95.8 cm³/mol. The van der Waals surface area contributed by atoms with Crippen LogP contribution in [-0.2, 0) is 13.1 Å². The standard InChI is InChI=1S/C18H22N4O2/c1-2-12-19-18(20-13-15-6-4-3-5-7-15)21-14-16-8-10-17(11-9-16)22(23)24/h3-11H,2,12-14H2,1H3,(H2,19,20,21). The van der Waals surface area contributed by atoms with Gasteiger partial charge in [-0.3, -0.25) is 10.1 Å². The van der Waals surface area contributed by atoms with Crippen molar-refractivity contribution < 1.29 is 4.92 Å². The summed E-state index contributed by atoms with van der Waals surface area (Å²) in [4.78, 5) is 14.9. The summed E-state index contributed by atoms with van der Waals surface area (Å²) in [7, 11) is 0. The van der Waals surface area contributed by atoms with Gasteiger partial charge in [0.25, 0.3) is 5.69 Å². The zero-order valence-corrected chi connectivity index (χ0v) is 13.7. The minimum atomic E-state index is -0.396. The molecule has 0 amide bonds. The molecule has 0 aliphatic heterocycles. The molecule has 0 bridgehead atoms. The normalized spacial score (nSPS) is 11.1. The van der Waals surface area contributed by atoms with E-state index in [1.54, 1.807) is 12.1 Å². The van der Waals surface area contributed by atoms with Gasteiger partial charge in [-0.15, -0.1) is 0 Å². The molecule has 0 unspecified atom stereocenters. The lowest BCUT2D eigenvalue weighted by Crippen LogP contribution is -2.37. The van der Waals surface area contributed by atoms with Gasteiger partial charge in [-0.1, -0.05) is 49.4 Å². The fraction of sp³-hybridized carbons (Fsp3) is 0.278. The lowest BCUT2D eigenvalue weighted by Gasteiger charge is -2.12. The van der Waals surface area contributed by atoms with Gasteiger partial charge in [0.2, 0.25) is 0 Å². The van der Waals surface area contributed by atoms with Gasteiger partial charge in [0.1, 0.15) is 0 Å². The van der Waals surface area contributed by atoms with E-state index in [-0.39, 0.29) is 5.69 Å². The molecule has 6 heteroatoms. The third-order valence-corrected chi connectivity index (χ3v) is 3.41. The predicted octanol–water partition coefficient (Wildman–Crippen LogP) is 3.24. The van der Waals surface area contributed by atoms with Crippen molar-refractivity contribution in [3.63, 3.8) is 0 Å². The molecule has 0 radical (unpaired) electrons. The van der Waals surface area contributed by atoms with Gasteiger partial charge in [0.05, 0.1) is 11.5 Å². The van der Waals surface area contributed by atoms with E-state index in [2.05, 4.69) is 22.5 Å². The Balaban J connectivity index is 1.96. The Hall–Kier alpha value is -2.89. The van der Waals surface area contributed by atoms with Crippen LogP contribution in [0.3, 0.4) is 0 Å². The van der Waals surface area contributed by atoms with Gasteiger partial charge in [-0.05, 0) is 17.5 Å². The van der Waals surface area contributed by atoms with Crippen LogP contribution in [0.15, 0.2) is 59.6 Å². The Morgan fingerprint density at radius 3 is 2.38 bits per heavy atom. The molecule has 2 N–H and O–H groups in total. The number of rotatable bonds is 7. The maximum Gasteiger partial charge on any atom is 0.269 e. The van der Waals surface area contributed by atoms with E-state index in [9.17, 15) is 10.1 Å². The molecule has 0 atom stereocenters. The second-order valence-corrected chi connectivity index (χ2v) is 5.35. The van der Waals surface area contributed by atoms with Crippen molar-refractivity contribution in [2.45, 2.75) is 26.4 Å². The van der Waals surface area contributed by atoms with Crippen LogP contribution in [-0.4, -0.2) is 17.4 Å². The number of nitro groups is 1. The molecule has 0 saturated heterocycles. The zero-order valence-electron chi connectivity index (χ0n) is 13.7. The first-order chi connectivity index (χ1) is 11.7. The molecule has 2 aromatic rings. The van der Waals surface area contributed by atoms with Crippen LogP contribution in [0.2, 0.25) is 0 Å². The molecule has 126 valence electrons. The van der Waals surface area contributed by atoms with Gasteiger partial charge in [-0.25, -0.2) is 4.99 Å². The third kappa shape index (κ3) is 5.72. The third-order valence-electron chi connectivity index (χ3n) is 3.41. The molecule has 0 fully saturated rings. The highest BCUT2D eigenvalue weighted by Gasteiger charge is 2.04. The van der Waals surface area contributed by atoms with E-state index in [0.29, 0.717) is 13.1 Å². The lowest BCUT2D eigenvalue weighted by atomic mass is 10.2. The summed E-state index contributed by atoms with van der Waals surface area (Å²) >= 11 is 0. The quantitative estimate of drug-likeness (QED) is 0.354. The molecule has 0 aliphatic rings. The molecule has 2 aromatic carbocycles. The maximum absolute atomic E-state index is 10.7. The van der Waals surface area contributed by atoms with Crippen LogP contribution < -0.4 is 10.6 Å². The van der Waals surface area contributed by atoms with Crippen molar-refractivity contribution in [3.05, 3.63) is 75.8 Å². The summed E-state index contributed by atoms with van der Waals surface area (Å²) in [5.41, 5.74) is 2.21. The summed E-state index contributed by atoms with van der Waals surface area (Å²) in [6.45, 7) is 4.08. The Labute approximate surface area is 141 Å². The summed E-state index contributed by atoms with van der Waals surface area (Å²) < 4.78 is 0. The average Bonchev–Trinajstić information content (AvgIpc) is 2.62. The van der Waals surface area contributed by atoms with Crippen LogP contribution in [0.25, 0.3) is 0 Å². The highest BCUT2D eigenvalue weighted by Crippen LogP contribution is 2.11. The molecule has 24 heavy (non-hydrogen) atoms. The number of benzene rings is 2. The molecule has 0 spiro atoms. The maximum atomic E-state index is 10.7. The first kappa shape index (κ1) is 17.5. The van der Waals surface area contributed by atoms with Gasteiger partial charge in [0.15, 0.2) is 5.96 Å². The van der Waals surface area contributed by atoms with E-state index >= 15 is 0 Å². The van der Waals surface area contributed by atoms with Crippen LogP contribution in [0.5, 0.6) is 0 Å². The van der Waals surface area contributed by atoms with Gasteiger partial charge in [0, 0.05) is 25.2 Å². The fourth-order valence-electron chi connectivity index (χ4n) is 2.09. The van der Waals surface area contributed by atoms with E-state index in [4.69, 9.17) is 0 Å². The van der Waals surface area contributed by atoms with Crippen molar-refractivity contribution in [2.75, 3.05) is 6.54 Å². The van der Waals surface area contributed by atoms with Gasteiger partial charge in [-0.2, -0.15) is 0 Å². The van der Waals surface area contributed by atoms with Crippen molar-refractivity contribution >= 4 is 11.6 Å². The highest BCUT2D eigenvalue weighted by molar-refractivity contribution is 5.79. The monoisotopic (exact) mass is 326 g/mol. The summed E-state index contributed by atoms with van der Waals surface area (Å²) in [6, 6.07) is 16.6. The SMILES string of the molecule is CCCNC(=NCc1ccccc1)NCc1ccc([N+](=O)[O-])cc1. The van der Waals surface area contributed by atoms with Crippen LogP contribution in [0.1, 0.15) is 24.5 Å². The lowest BCUT2D eigenvalue weighted by molar-refractivity contribution is -0.384. The Bertz CT molecular complexity index is 669. The number of hydrogen-bond donors (Lipinski definition) is 2. The molecule has 0 aromatic heterocycles. The number of nitrogens with zero attached hydrogens (tertiary/aromatic N) is 2.